The van der Waals surface area contributed by atoms with Crippen LogP contribution >= 0.6 is 0 Å². The highest BCUT2D eigenvalue weighted by Gasteiger charge is 2.36. The highest BCUT2D eigenvalue weighted by molar-refractivity contribution is 5.74. The van der Waals surface area contributed by atoms with Crippen molar-refractivity contribution in [3.8, 4) is 11.5 Å². The number of carbonyl (C=O) groups is 1. The third-order valence-corrected chi connectivity index (χ3v) is 4.07. The summed E-state index contributed by atoms with van der Waals surface area (Å²) in [4.78, 5) is 13.2. The van der Waals surface area contributed by atoms with Crippen LogP contribution in [0.5, 0.6) is 11.5 Å². The summed E-state index contributed by atoms with van der Waals surface area (Å²) in [6.45, 7) is 2.92. The van der Waals surface area contributed by atoms with Gasteiger partial charge in [0.2, 0.25) is 0 Å². The standard InChI is InChI=1S/C16H23NO5/c1-10-7-13(21-2)11(14(8-10)22-3)9-17-6-4-5-12(18)15(17)16(19)20/h7-8,12,15,18H,4-6,9H2,1-3H3,(H,19,20)/t12?,15-/m1/s1. The van der Waals surface area contributed by atoms with E-state index in [1.165, 1.54) is 0 Å². The van der Waals surface area contributed by atoms with Crippen LogP contribution in [-0.2, 0) is 11.3 Å². The molecule has 1 aliphatic heterocycles. The number of rotatable bonds is 5. The van der Waals surface area contributed by atoms with Gasteiger partial charge in [-0.3, -0.25) is 9.69 Å². The molecule has 6 heteroatoms. The van der Waals surface area contributed by atoms with Gasteiger partial charge in [0.1, 0.15) is 17.5 Å². The molecule has 0 radical (unpaired) electrons. The number of benzene rings is 1. The second-order valence-electron chi connectivity index (χ2n) is 5.61. The van der Waals surface area contributed by atoms with Gasteiger partial charge in [-0.2, -0.15) is 0 Å². The molecule has 1 aliphatic rings. The molecule has 2 N–H and O–H groups in total. The van der Waals surface area contributed by atoms with E-state index in [1.54, 1.807) is 19.1 Å². The Labute approximate surface area is 130 Å². The first-order valence-electron chi connectivity index (χ1n) is 7.34. The van der Waals surface area contributed by atoms with E-state index in [2.05, 4.69) is 0 Å². The van der Waals surface area contributed by atoms with Crippen LogP contribution in [-0.4, -0.2) is 54.0 Å². The second-order valence-corrected chi connectivity index (χ2v) is 5.61. The quantitative estimate of drug-likeness (QED) is 0.856. The summed E-state index contributed by atoms with van der Waals surface area (Å²) in [5.74, 6) is 0.333. The maximum atomic E-state index is 11.5. The van der Waals surface area contributed by atoms with E-state index >= 15 is 0 Å². The Bertz CT molecular complexity index is 520. The van der Waals surface area contributed by atoms with Gasteiger partial charge in [-0.1, -0.05) is 0 Å². The van der Waals surface area contributed by atoms with Gasteiger partial charge in [0, 0.05) is 6.54 Å². The predicted octanol–water partition coefficient (Wildman–Crippen LogP) is 1.42. The van der Waals surface area contributed by atoms with E-state index < -0.39 is 18.1 Å². The maximum absolute atomic E-state index is 11.5. The molecule has 122 valence electrons. The van der Waals surface area contributed by atoms with E-state index in [0.717, 1.165) is 17.5 Å². The van der Waals surface area contributed by atoms with Crippen LogP contribution in [0.3, 0.4) is 0 Å². The van der Waals surface area contributed by atoms with Gasteiger partial charge in [0.25, 0.3) is 0 Å². The first-order chi connectivity index (χ1) is 10.5. The minimum atomic E-state index is -1.00. The van der Waals surface area contributed by atoms with Crippen molar-refractivity contribution in [3.05, 3.63) is 23.3 Å². The molecule has 6 nitrogen and oxygen atoms in total. The summed E-state index contributed by atoms with van der Waals surface area (Å²) >= 11 is 0. The van der Waals surface area contributed by atoms with Crippen LogP contribution in [0, 0.1) is 6.92 Å². The number of likely N-dealkylation sites (tertiary alicyclic amines) is 1. The number of aryl methyl sites for hydroxylation is 1. The zero-order valence-corrected chi connectivity index (χ0v) is 13.2. The molecule has 0 saturated carbocycles. The molecule has 1 saturated heterocycles. The molecule has 0 aliphatic carbocycles. The molecule has 1 unspecified atom stereocenters. The molecule has 1 aromatic rings. The Hall–Kier alpha value is -1.79. The van der Waals surface area contributed by atoms with Crippen molar-refractivity contribution in [2.75, 3.05) is 20.8 Å². The zero-order valence-electron chi connectivity index (χ0n) is 13.2. The normalized spacial score (nSPS) is 22.4. The van der Waals surface area contributed by atoms with Crippen LogP contribution in [0.4, 0.5) is 0 Å². The average molecular weight is 309 g/mol. The Morgan fingerprint density at radius 2 is 1.91 bits per heavy atom. The lowest BCUT2D eigenvalue weighted by Gasteiger charge is -2.36. The van der Waals surface area contributed by atoms with Crippen molar-refractivity contribution in [2.24, 2.45) is 0 Å². The smallest absolute Gasteiger partial charge is 0.323 e. The van der Waals surface area contributed by atoms with E-state index in [4.69, 9.17) is 9.47 Å². The molecule has 0 amide bonds. The van der Waals surface area contributed by atoms with Crippen LogP contribution in [0.1, 0.15) is 24.0 Å². The van der Waals surface area contributed by atoms with Crippen LogP contribution in [0.15, 0.2) is 12.1 Å². The lowest BCUT2D eigenvalue weighted by Crippen LogP contribution is -2.52. The molecule has 0 spiro atoms. The SMILES string of the molecule is COc1cc(C)cc(OC)c1CN1CCCC(O)[C@@H]1C(=O)O. The summed E-state index contributed by atoms with van der Waals surface area (Å²) < 4.78 is 10.8. The summed E-state index contributed by atoms with van der Waals surface area (Å²) in [6.07, 6.45) is 0.422. The third-order valence-electron chi connectivity index (χ3n) is 4.07. The van der Waals surface area contributed by atoms with Gasteiger partial charge in [0.15, 0.2) is 0 Å². The number of hydrogen-bond acceptors (Lipinski definition) is 5. The lowest BCUT2D eigenvalue weighted by molar-refractivity contribution is -0.150. The number of ether oxygens (including phenoxy) is 2. The zero-order chi connectivity index (χ0) is 16.3. The van der Waals surface area contributed by atoms with Gasteiger partial charge in [-0.15, -0.1) is 0 Å². The summed E-state index contributed by atoms with van der Waals surface area (Å²) in [5, 5.41) is 19.4. The molecule has 22 heavy (non-hydrogen) atoms. The number of nitrogens with zero attached hydrogens (tertiary/aromatic N) is 1. The van der Waals surface area contributed by atoms with Crippen LogP contribution in [0.2, 0.25) is 0 Å². The largest absolute Gasteiger partial charge is 0.496 e. The van der Waals surface area contributed by atoms with Gasteiger partial charge in [0.05, 0.1) is 25.9 Å². The Kier molecular flexibility index (Phi) is 5.26. The highest BCUT2D eigenvalue weighted by atomic mass is 16.5. The monoisotopic (exact) mass is 309 g/mol. The minimum Gasteiger partial charge on any atom is -0.496 e. The van der Waals surface area contributed by atoms with Crippen molar-refractivity contribution in [2.45, 2.75) is 38.5 Å². The number of aliphatic carboxylic acids is 1. The number of piperidine rings is 1. The second kappa shape index (κ2) is 6.98. The van der Waals surface area contributed by atoms with Crippen molar-refractivity contribution >= 4 is 5.97 Å². The first kappa shape index (κ1) is 16.6. The number of methoxy groups -OCH3 is 2. The molecule has 0 bridgehead atoms. The fraction of sp³-hybridized carbons (Fsp3) is 0.562. The Morgan fingerprint density at radius 1 is 1.32 bits per heavy atom. The van der Waals surface area contributed by atoms with Gasteiger partial charge >= 0.3 is 5.97 Å². The fourth-order valence-electron chi connectivity index (χ4n) is 3.02. The average Bonchev–Trinajstić information content (AvgIpc) is 2.48. The summed E-state index contributed by atoms with van der Waals surface area (Å²) in [7, 11) is 3.16. The fourth-order valence-corrected chi connectivity index (χ4v) is 3.02. The highest BCUT2D eigenvalue weighted by Crippen LogP contribution is 2.33. The van der Waals surface area contributed by atoms with Gasteiger partial charge < -0.3 is 19.7 Å². The number of carboxylic acids is 1. The van der Waals surface area contributed by atoms with E-state index in [0.29, 0.717) is 31.0 Å². The predicted molar refractivity (Wildman–Crippen MR) is 81.4 cm³/mol. The molecular formula is C16H23NO5. The van der Waals surface area contributed by atoms with E-state index in [-0.39, 0.29) is 0 Å². The molecular weight excluding hydrogens is 286 g/mol. The number of aliphatic hydroxyl groups is 1. The number of hydrogen-bond donors (Lipinski definition) is 2. The topological polar surface area (TPSA) is 79.2 Å². The molecule has 1 heterocycles. The van der Waals surface area contributed by atoms with Crippen molar-refractivity contribution < 1.29 is 24.5 Å². The van der Waals surface area contributed by atoms with Gasteiger partial charge in [-0.25, -0.2) is 0 Å². The minimum absolute atomic E-state index is 0.362. The third kappa shape index (κ3) is 3.34. The van der Waals surface area contributed by atoms with Crippen molar-refractivity contribution in [1.82, 2.24) is 4.90 Å². The number of carboxylic acid groups (broad SMARTS) is 1. The van der Waals surface area contributed by atoms with Crippen molar-refractivity contribution in [1.29, 1.82) is 0 Å². The summed E-state index contributed by atoms with van der Waals surface area (Å²) in [6, 6.07) is 2.90. The Morgan fingerprint density at radius 3 is 2.41 bits per heavy atom. The van der Waals surface area contributed by atoms with Crippen LogP contribution < -0.4 is 9.47 Å². The van der Waals surface area contributed by atoms with Crippen LogP contribution in [0.25, 0.3) is 0 Å². The maximum Gasteiger partial charge on any atom is 0.323 e. The van der Waals surface area contributed by atoms with E-state index in [1.807, 2.05) is 19.1 Å². The van der Waals surface area contributed by atoms with E-state index in [9.17, 15) is 15.0 Å². The van der Waals surface area contributed by atoms with Crippen molar-refractivity contribution in [3.63, 3.8) is 0 Å². The lowest BCUT2D eigenvalue weighted by atomic mass is 9.97. The molecule has 2 atom stereocenters. The Balaban J connectivity index is 2.34. The van der Waals surface area contributed by atoms with Gasteiger partial charge in [-0.05, 0) is 44.0 Å². The molecule has 2 rings (SSSR count). The summed E-state index contributed by atoms with van der Waals surface area (Å²) in [5.41, 5.74) is 1.81. The molecule has 1 aromatic carbocycles. The molecule has 1 fully saturated rings. The molecule has 0 aromatic heterocycles. The first-order valence-corrected chi connectivity index (χ1v) is 7.34. The number of aliphatic hydroxyl groups excluding tert-OH is 1.